The summed E-state index contributed by atoms with van der Waals surface area (Å²) in [6.07, 6.45) is -2.44. The summed E-state index contributed by atoms with van der Waals surface area (Å²) in [6, 6.07) is 13.7. The number of nitriles is 1. The average Bonchev–Trinajstić information content (AvgIpc) is 2.47. The van der Waals surface area contributed by atoms with Gasteiger partial charge in [0.05, 0.1) is 11.6 Å². The minimum Gasteiger partial charge on any atom is -0.381 e. The maximum Gasteiger partial charge on any atom is 0.263 e. The molecule has 0 aliphatic rings. The Balaban J connectivity index is 2.07. The van der Waals surface area contributed by atoms with Gasteiger partial charge in [0.15, 0.2) is 0 Å². The van der Waals surface area contributed by atoms with Crippen molar-refractivity contribution in [3.8, 4) is 6.07 Å². The molecule has 0 bridgehead atoms. The van der Waals surface area contributed by atoms with Crippen LogP contribution in [0.25, 0.3) is 0 Å². The highest BCUT2D eigenvalue weighted by atomic mass is 19.3. The molecule has 0 amide bonds. The number of hydrogen-bond donors (Lipinski definition) is 1. The maximum atomic E-state index is 12.4. The quantitative estimate of drug-likeness (QED) is 0.894. The molecule has 1 N–H and O–H groups in total. The Morgan fingerprint density at radius 2 is 1.85 bits per heavy atom. The molecule has 0 radical (unpaired) electrons. The van der Waals surface area contributed by atoms with Crippen molar-refractivity contribution in [2.75, 3.05) is 5.32 Å². The monoisotopic (exact) mass is 272 g/mol. The van der Waals surface area contributed by atoms with E-state index in [2.05, 4.69) is 11.4 Å². The van der Waals surface area contributed by atoms with Gasteiger partial charge in [-0.2, -0.15) is 5.26 Å². The Hall–Kier alpha value is -2.41. The maximum absolute atomic E-state index is 12.4. The van der Waals surface area contributed by atoms with Crippen LogP contribution in [0.1, 0.15) is 28.7 Å². The van der Waals surface area contributed by atoms with Crippen LogP contribution in [0.5, 0.6) is 0 Å². The summed E-state index contributed by atoms with van der Waals surface area (Å²) in [5.74, 6) is 0. The molecule has 0 atom stereocenters. The molecular weight excluding hydrogens is 258 g/mol. The fourth-order valence-electron chi connectivity index (χ4n) is 1.86. The third-order valence-corrected chi connectivity index (χ3v) is 3.08. The lowest BCUT2D eigenvalue weighted by atomic mass is 10.1. The first kappa shape index (κ1) is 14.0. The molecule has 0 aliphatic carbocycles. The van der Waals surface area contributed by atoms with Crippen LogP contribution in [-0.2, 0) is 6.54 Å². The summed E-state index contributed by atoms with van der Waals surface area (Å²) in [7, 11) is 0. The second-order valence-electron chi connectivity index (χ2n) is 4.54. The number of rotatable bonds is 4. The summed E-state index contributed by atoms with van der Waals surface area (Å²) in [5.41, 5.74) is 3.44. The number of hydrogen-bond acceptors (Lipinski definition) is 2. The van der Waals surface area contributed by atoms with Gasteiger partial charge in [0, 0.05) is 17.8 Å². The molecule has 0 fully saturated rings. The molecule has 0 unspecified atom stereocenters. The molecule has 0 aliphatic heterocycles. The van der Waals surface area contributed by atoms with Crippen LogP contribution >= 0.6 is 0 Å². The third-order valence-electron chi connectivity index (χ3n) is 3.08. The van der Waals surface area contributed by atoms with Crippen molar-refractivity contribution in [2.45, 2.75) is 19.9 Å². The van der Waals surface area contributed by atoms with E-state index in [0.29, 0.717) is 12.1 Å². The topological polar surface area (TPSA) is 35.8 Å². The van der Waals surface area contributed by atoms with Crippen LogP contribution in [0, 0.1) is 18.3 Å². The summed E-state index contributed by atoms with van der Waals surface area (Å²) < 4.78 is 24.9. The summed E-state index contributed by atoms with van der Waals surface area (Å²) in [4.78, 5) is 0. The molecule has 102 valence electrons. The number of aryl methyl sites for hydroxylation is 1. The molecule has 0 aromatic heterocycles. The standard InChI is InChI=1S/C16H14F2N2/c1-11-2-3-13(9-19)8-15(11)20-10-12-4-6-14(7-5-12)16(17)18/h2-8,16,20H,10H2,1H3. The normalized spacial score (nSPS) is 10.3. The number of nitrogens with one attached hydrogen (secondary N) is 1. The van der Waals surface area contributed by atoms with Crippen LogP contribution in [0.4, 0.5) is 14.5 Å². The van der Waals surface area contributed by atoms with Crippen molar-refractivity contribution in [2.24, 2.45) is 0 Å². The number of alkyl halides is 2. The molecule has 0 spiro atoms. The van der Waals surface area contributed by atoms with Gasteiger partial charge in [0.2, 0.25) is 0 Å². The number of halogens is 2. The summed E-state index contributed by atoms with van der Waals surface area (Å²) in [6.45, 7) is 2.47. The smallest absolute Gasteiger partial charge is 0.263 e. The zero-order chi connectivity index (χ0) is 14.5. The van der Waals surface area contributed by atoms with Crippen molar-refractivity contribution >= 4 is 5.69 Å². The highest BCUT2D eigenvalue weighted by Gasteiger charge is 2.06. The molecule has 2 aromatic carbocycles. The average molecular weight is 272 g/mol. The predicted molar refractivity (Wildman–Crippen MR) is 74.6 cm³/mol. The lowest BCUT2D eigenvalue weighted by molar-refractivity contribution is 0.151. The van der Waals surface area contributed by atoms with Crippen molar-refractivity contribution in [1.29, 1.82) is 5.26 Å². The zero-order valence-corrected chi connectivity index (χ0v) is 11.0. The first-order valence-electron chi connectivity index (χ1n) is 6.22. The molecular formula is C16H14F2N2. The predicted octanol–water partition coefficient (Wildman–Crippen LogP) is 4.42. The Morgan fingerprint density at radius 3 is 2.45 bits per heavy atom. The van der Waals surface area contributed by atoms with Crippen LogP contribution < -0.4 is 5.32 Å². The van der Waals surface area contributed by atoms with Crippen molar-refractivity contribution in [3.05, 3.63) is 64.7 Å². The van der Waals surface area contributed by atoms with E-state index in [4.69, 9.17) is 5.26 Å². The molecule has 2 aromatic rings. The van der Waals surface area contributed by atoms with Gasteiger partial charge in [-0.3, -0.25) is 0 Å². The van der Waals surface area contributed by atoms with Crippen molar-refractivity contribution < 1.29 is 8.78 Å². The van der Waals surface area contributed by atoms with E-state index in [1.807, 2.05) is 13.0 Å². The largest absolute Gasteiger partial charge is 0.381 e. The van der Waals surface area contributed by atoms with Crippen LogP contribution in [-0.4, -0.2) is 0 Å². The van der Waals surface area contributed by atoms with E-state index >= 15 is 0 Å². The molecule has 0 heterocycles. The van der Waals surface area contributed by atoms with Crippen LogP contribution in [0.15, 0.2) is 42.5 Å². The molecule has 0 saturated carbocycles. The van der Waals surface area contributed by atoms with E-state index in [1.54, 1.807) is 24.3 Å². The van der Waals surface area contributed by atoms with Gasteiger partial charge in [-0.25, -0.2) is 8.78 Å². The minimum absolute atomic E-state index is 0.0245. The van der Waals surface area contributed by atoms with Gasteiger partial charge in [0.1, 0.15) is 0 Å². The Bertz CT molecular complexity index is 628. The lowest BCUT2D eigenvalue weighted by Gasteiger charge is -2.10. The first-order chi connectivity index (χ1) is 9.60. The van der Waals surface area contributed by atoms with Gasteiger partial charge in [-0.05, 0) is 30.2 Å². The minimum atomic E-state index is -2.44. The molecule has 2 nitrogen and oxygen atoms in total. The summed E-state index contributed by atoms with van der Waals surface area (Å²) >= 11 is 0. The van der Waals surface area contributed by atoms with Crippen molar-refractivity contribution in [1.82, 2.24) is 0 Å². The Kier molecular flexibility index (Phi) is 4.31. The van der Waals surface area contributed by atoms with Gasteiger partial charge in [-0.1, -0.05) is 30.3 Å². The Labute approximate surface area is 116 Å². The first-order valence-corrected chi connectivity index (χ1v) is 6.22. The molecule has 4 heteroatoms. The van der Waals surface area contributed by atoms with E-state index in [9.17, 15) is 8.78 Å². The van der Waals surface area contributed by atoms with Gasteiger partial charge in [-0.15, -0.1) is 0 Å². The highest BCUT2D eigenvalue weighted by molar-refractivity contribution is 5.55. The number of anilines is 1. The number of nitrogens with zero attached hydrogens (tertiary/aromatic N) is 1. The summed E-state index contributed by atoms with van der Waals surface area (Å²) in [5, 5.41) is 12.1. The highest BCUT2D eigenvalue weighted by Crippen LogP contribution is 2.20. The number of benzene rings is 2. The van der Waals surface area contributed by atoms with E-state index < -0.39 is 6.43 Å². The second kappa shape index (κ2) is 6.16. The fraction of sp³-hybridized carbons (Fsp3) is 0.188. The molecule has 0 saturated heterocycles. The van der Waals surface area contributed by atoms with Gasteiger partial charge >= 0.3 is 0 Å². The lowest BCUT2D eigenvalue weighted by Crippen LogP contribution is -2.01. The van der Waals surface area contributed by atoms with Gasteiger partial charge < -0.3 is 5.32 Å². The molecule has 2 rings (SSSR count). The molecule has 20 heavy (non-hydrogen) atoms. The van der Waals surface area contributed by atoms with Crippen LogP contribution in [0.2, 0.25) is 0 Å². The second-order valence-corrected chi connectivity index (χ2v) is 4.54. The zero-order valence-electron chi connectivity index (χ0n) is 11.0. The Morgan fingerprint density at radius 1 is 1.15 bits per heavy atom. The SMILES string of the molecule is Cc1ccc(C#N)cc1NCc1ccc(C(F)F)cc1. The van der Waals surface area contributed by atoms with E-state index in [-0.39, 0.29) is 5.56 Å². The third kappa shape index (κ3) is 3.33. The van der Waals surface area contributed by atoms with Crippen molar-refractivity contribution in [3.63, 3.8) is 0 Å². The van der Waals surface area contributed by atoms with Crippen LogP contribution in [0.3, 0.4) is 0 Å². The van der Waals surface area contributed by atoms with Gasteiger partial charge in [0.25, 0.3) is 6.43 Å². The van der Waals surface area contributed by atoms with E-state index in [1.165, 1.54) is 12.1 Å². The van der Waals surface area contributed by atoms with E-state index in [0.717, 1.165) is 16.8 Å². The fourth-order valence-corrected chi connectivity index (χ4v) is 1.86.